The van der Waals surface area contributed by atoms with Gasteiger partial charge in [-0.25, -0.2) is 4.68 Å². The van der Waals surface area contributed by atoms with Gasteiger partial charge in [-0.05, 0) is 48.7 Å². The van der Waals surface area contributed by atoms with Crippen LogP contribution < -0.4 is 10.2 Å². The minimum atomic E-state index is -0.357. The second-order valence-corrected chi connectivity index (χ2v) is 9.63. The fourth-order valence-electron chi connectivity index (χ4n) is 4.36. The van der Waals surface area contributed by atoms with Crippen LogP contribution in [0.3, 0.4) is 0 Å². The van der Waals surface area contributed by atoms with Crippen LogP contribution in [0.4, 0.5) is 11.4 Å². The summed E-state index contributed by atoms with van der Waals surface area (Å²) in [6.07, 6.45) is 0.170. The summed E-state index contributed by atoms with van der Waals surface area (Å²) in [6, 6.07) is 21.9. The topological polar surface area (TPSA) is 87.5 Å². The van der Waals surface area contributed by atoms with Gasteiger partial charge in [-0.2, -0.15) is 5.10 Å². The molecule has 2 aromatic carbocycles. The first-order valence-electron chi connectivity index (χ1n) is 11.6. The van der Waals surface area contributed by atoms with Gasteiger partial charge in [0, 0.05) is 19.5 Å². The summed E-state index contributed by atoms with van der Waals surface area (Å²) in [6.45, 7) is 1.68. The van der Waals surface area contributed by atoms with Crippen molar-refractivity contribution in [1.82, 2.24) is 14.7 Å². The van der Waals surface area contributed by atoms with Gasteiger partial charge in [0.25, 0.3) is 5.91 Å². The first-order valence-corrected chi connectivity index (χ1v) is 12.5. The van der Waals surface area contributed by atoms with Crippen molar-refractivity contribution >= 4 is 40.4 Å². The molecule has 0 fully saturated rings. The number of anilines is 2. The molecule has 0 unspecified atom stereocenters. The summed E-state index contributed by atoms with van der Waals surface area (Å²) in [7, 11) is 1.60. The molecule has 0 aliphatic carbocycles. The predicted molar refractivity (Wildman–Crippen MR) is 140 cm³/mol. The highest BCUT2D eigenvalue weighted by atomic mass is 32.1. The monoisotopic (exact) mass is 499 g/mol. The molecule has 0 radical (unpaired) electrons. The summed E-state index contributed by atoms with van der Waals surface area (Å²) >= 11 is 1.54. The smallest absolute Gasteiger partial charge is 0.272 e. The van der Waals surface area contributed by atoms with Crippen molar-refractivity contribution < 1.29 is 14.4 Å². The molecule has 1 N–H and O–H groups in total. The van der Waals surface area contributed by atoms with Gasteiger partial charge in [0.1, 0.15) is 17.9 Å². The number of hydrogen-bond acceptors (Lipinski definition) is 5. The lowest BCUT2D eigenvalue weighted by Gasteiger charge is -2.29. The number of likely N-dealkylation sites (N-methyl/N-ethyl adjacent to an activating group) is 1. The summed E-state index contributed by atoms with van der Waals surface area (Å²) in [5.74, 6) is -0.749. The fraction of sp³-hybridized carbons (Fsp3) is 0.185. The first-order chi connectivity index (χ1) is 17.4. The first kappa shape index (κ1) is 23.5. The summed E-state index contributed by atoms with van der Waals surface area (Å²) in [5, 5.41) is 9.51. The Balaban J connectivity index is 1.44. The van der Waals surface area contributed by atoms with Crippen LogP contribution in [0.25, 0.3) is 16.3 Å². The zero-order chi connectivity index (χ0) is 25.2. The van der Waals surface area contributed by atoms with Gasteiger partial charge in [0.2, 0.25) is 11.8 Å². The molecule has 1 aliphatic rings. The quantitative estimate of drug-likeness (QED) is 0.440. The third-order valence-electron chi connectivity index (χ3n) is 6.05. The molecule has 182 valence electrons. The minimum Gasteiger partial charge on any atom is -0.331 e. The van der Waals surface area contributed by atoms with Crippen molar-refractivity contribution in [3.05, 3.63) is 83.9 Å². The normalized spacial score (nSPS) is 15.1. The van der Waals surface area contributed by atoms with E-state index < -0.39 is 0 Å². The lowest BCUT2D eigenvalue weighted by molar-refractivity contribution is -0.119. The Morgan fingerprint density at radius 2 is 1.83 bits per heavy atom. The van der Waals surface area contributed by atoms with Crippen LogP contribution in [0.15, 0.2) is 78.2 Å². The third kappa shape index (κ3) is 4.52. The van der Waals surface area contributed by atoms with Crippen LogP contribution in [0.5, 0.6) is 0 Å². The van der Waals surface area contributed by atoms with E-state index in [0.717, 1.165) is 10.6 Å². The molecule has 5 rings (SSSR count). The van der Waals surface area contributed by atoms with Crippen LogP contribution in [0.1, 0.15) is 23.8 Å². The van der Waals surface area contributed by atoms with E-state index in [0.29, 0.717) is 22.8 Å². The van der Waals surface area contributed by atoms with Gasteiger partial charge in [-0.1, -0.05) is 36.4 Å². The van der Waals surface area contributed by atoms with Crippen LogP contribution in [-0.2, 0) is 9.59 Å². The number of rotatable bonds is 5. The van der Waals surface area contributed by atoms with Crippen molar-refractivity contribution in [3.8, 4) is 16.3 Å². The minimum absolute atomic E-state index is 0.150. The van der Waals surface area contributed by atoms with E-state index in [1.165, 1.54) is 4.90 Å². The number of amides is 3. The van der Waals surface area contributed by atoms with Crippen molar-refractivity contribution in [2.24, 2.45) is 0 Å². The summed E-state index contributed by atoms with van der Waals surface area (Å²) < 4.78 is 1.62. The fourth-order valence-corrected chi connectivity index (χ4v) is 5.04. The Morgan fingerprint density at radius 3 is 2.58 bits per heavy atom. The largest absolute Gasteiger partial charge is 0.331 e. The maximum atomic E-state index is 13.6. The summed E-state index contributed by atoms with van der Waals surface area (Å²) in [4.78, 5) is 43.3. The number of carbonyl (C=O) groups is 3. The molecule has 0 bridgehead atoms. The molecule has 9 heteroatoms. The van der Waals surface area contributed by atoms with E-state index in [-0.39, 0.29) is 36.7 Å². The second-order valence-electron chi connectivity index (χ2n) is 8.68. The molecule has 8 nitrogen and oxygen atoms in total. The van der Waals surface area contributed by atoms with Crippen molar-refractivity contribution in [2.45, 2.75) is 19.4 Å². The number of thiophene rings is 1. The van der Waals surface area contributed by atoms with Gasteiger partial charge >= 0.3 is 0 Å². The lowest BCUT2D eigenvalue weighted by atomic mass is 10.1. The van der Waals surface area contributed by atoms with E-state index in [1.54, 1.807) is 46.2 Å². The van der Waals surface area contributed by atoms with E-state index in [1.807, 2.05) is 66.9 Å². The number of carbonyl (C=O) groups excluding carboxylic acids is 3. The maximum absolute atomic E-state index is 13.6. The Labute approximate surface area is 212 Å². The molecule has 36 heavy (non-hydrogen) atoms. The SMILES string of the molecule is C[C@H]1CC(=O)Nc2ccccc2N1C(=O)CN(C)C(=O)c1cc(-c2cccs2)nn1-c1ccccc1. The number of fused-ring (bicyclic) bond motifs is 1. The summed E-state index contributed by atoms with van der Waals surface area (Å²) in [5.41, 5.74) is 3.01. The molecule has 2 aromatic heterocycles. The van der Waals surface area contributed by atoms with Gasteiger partial charge < -0.3 is 15.1 Å². The van der Waals surface area contributed by atoms with Crippen LogP contribution in [-0.4, -0.2) is 52.0 Å². The molecule has 0 saturated carbocycles. The van der Waals surface area contributed by atoms with Crippen molar-refractivity contribution in [2.75, 3.05) is 23.8 Å². The Bertz CT molecular complexity index is 1410. The Kier molecular flexibility index (Phi) is 6.39. The van der Waals surface area contributed by atoms with E-state index in [9.17, 15) is 14.4 Å². The van der Waals surface area contributed by atoms with Crippen molar-refractivity contribution in [3.63, 3.8) is 0 Å². The lowest BCUT2D eigenvalue weighted by Crippen LogP contribution is -2.45. The number of aromatic nitrogens is 2. The molecular formula is C27H25N5O3S. The van der Waals surface area contributed by atoms with Crippen LogP contribution in [0, 0.1) is 0 Å². The predicted octanol–water partition coefficient (Wildman–Crippen LogP) is 4.44. The highest BCUT2D eigenvalue weighted by Crippen LogP contribution is 2.31. The van der Waals surface area contributed by atoms with Crippen LogP contribution in [0.2, 0.25) is 0 Å². The highest BCUT2D eigenvalue weighted by Gasteiger charge is 2.31. The number of benzene rings is 2. The Morgan fingerprint density at radius 1 is 1.08 bits per heavy atom. The average molecular weight is 500 g/mol. The average Bonchev–Trinajstić information content (AvgIpc) is 3.53. The molecule has 1 aliphatic heterocycles. The second kappa shape index (κ2) is 9.79. The number of nitrogens with zero attached hydrogens (tertiary/aromatic N) is 4. The van der Waals surface area contributed by atoms with Gasteiger partial charge in [0.15, 0.2) is 0 Å². The molecule has 3 heterocycles. The molecule has 3 amide bonds. The van der Waals surface area contributed by atoms with Crippen LogP contribution >= 0.6 is 11.3 Å². The molecule has 0 saturated heterocycles. The van der Waals surface area contributed by atoms with Gasteiger partial charge in [0.05, 0.1) is 21.9 Å². The number of para-hydroxylation sites is 3. The Hall–Kier alpha value is -4.24. The zero-order valence-corrected chi connectivity index (χ0v) is 20.7. The maximum Gasteiger partial charge on any atom is 0.272 e. The highest BCUT2D eigenvalue weighted by molar-refractivity contribution is 7.13. The molecule has 0 spiro atoms. The zero-order valence-electron chi connectivity index (χ0n) is 19.9. The van der Waals surface area contributed by atoms with Gasteiger partial charge in [-0.15, -0.1) is 11.3 Å². The van der Waals surface area contributed by atoms with E-state index >= 15 is 0 Å². The standard InChI is InChI=1S/C27H25N5O3S/c1-18-15-25(33)28-20-11-6-7-12-22(20)31(18)26(34)17-30(2)27(35)23-16-21(24-13-8-14-36-24)29-32(23)19-9-4-3-5-10-19/h3-14,16,18H,15,17H2,1-2H3,(H,28,33)/t18-/m0/s1. The third-order valence-corrected chi connectivity index (χ3v) is 6.94. The molecule has 4 aromatic rings. The number of nitrogens with one attached hydrogen (secondary N) is 1. The van der Waals surface area contributed by atoms with E-state index in [4.69, 9.17) is 5.10 Å². The molecular weight excluding hydrogens is 474 g/mol. The van der Waals surface area contributed by atoms with Crippen molar-refractivity contribution in [1.29, 1.82) is 0 Å². The number of hydrogen-bond donors (Lipinski definition) is 1. The van der Waals surface area contributed by atoms with E-state index in [2.05, 4.69) is 5.32 Å². The molecule has 1 atom stereocenters. The van der Waals surface area contributed by atoms with Gasteiger partial charge in [-0.3, -0.25) is 14.4 Å².